The third kappa shape index (κ3) is 29.5. The molecule has 0 saturated heterocycles. The van der Waals surface area contributed by atoms with E-state index in [1.807, 2.05) is 9.80 Å². The normalized spacial score (nSPS) is 11.5. The molecule has 0 aliphatic rings. The Morgan fingerprint density at radius 1 is 0.149 bits per heavy atom. The molecule has 790 valence electrons. The van der Waals surface area contributed by atoms with E-state index in [0.717, 1.165) is 0 Å². The second-order valence-electron chi connectivity index (χ2n) is 32.8. The summed E-state index contributed by atoms with van der Waals surface area (Å²) in [4.78, 5) is 6.44. The molecule has 8 aromatic rings. The smallest absolute Gasteiger partial charge is 1.00 e. The van der Waals surface area contributed by atoms with Gasteiger partial charge in [0.25, 0.3) is 0 Å². The summed E-state index contributed by atoms with van der Waals surface area (Å²) in [5.41, 5.74) is -28.7. The Labute approximate surface area is 832 Å². The maximum Gasteiger partial charge on any atom is 1.00 e. The number of benzene rings is 8. The molecular formula is C93H102B2Br2F40N3Na. The molecular weight excluding hydrogens is 2120 g/mol. The van der Waals surface area contributed by atoms with Crippen molar-refractivity contribution >= 4 is 73.0 Å². The summed E-state index contributed by atoms with van der Waals surface area (Å²) in [5.74, 6) is -143. The van der Waals surface area contributed by atoms with Gasteiger partial charge in [-0.3, -0.25) is 0 Å². The van der Waals surface area contributed by atoms with E-state index in [4.69, 9.17) is 0 Å². The third-order valence-electron chi connectivity index (χ3n) is 23.5. The number of halogens is 42. The van der Waals surface area contributed by atoms with Crippen LogP contribution in [0.15, 0.2) is 0 Å². The molecule has 0 bridgehead atoms. The monoisotopic (exact) mass is 2220 g/mol. The Morgan fingerprint density at radius 3 is 0.326 bits per heavy atom. The SMILES string of the molecule is Br.CCCCCN(CCCCC)CCCCC.CCCCC[NH+](CCCCC)CCCCC.CCCCC[NH+](CCCCC)CCCCC.Fc1c(F)c(F)c([B-](c2c(F)c(F)c(F)c(F)c2F)(c2c(F)c(F)c(F)c(F)c2F)c2c(F)c(F)c(F)c(F)c2F)c(F)c1F.Fc1c(F)c(F)c([B-](c2c(F)c(F)c(F)c(F)c2F)(c2c(F)c(F)c(F)c(F)c2F)c2c(F)c(F)c(F)c(F)c2F)c(F)c1F.[Br-].[Na+]. The average Bonchev–Trinajstić information content (AvgIpc) is 0.683. The van der Waals surface area contributed by atoms with Gasteiger partial charge in [0.15, 0.2) is 140 Å². The molecule has 0 amide bonds. The van der Waals surface area contributed by atoms with Gasteiger partial charge in [-0.1, -0.05) is 139 Å². The van der Waals surface area contributed by atoms with E-state index in [2.05, 4.69) is 67.2 Å². The molecule has 0 fully saturated rings. The van der Waals surface area contributed by atoms with Crippen molar-refractivity contribution in [2.75, 3.05) is 58.9 Å². The van der Waals surface area contributed by atoms with Crippen molar-refractivity contribution in [3.8, 4) is 0 Å². The molecule has 2 N–H and O–H groups in total. The van der Waals surface area contributed by atoms with Crippen LogP contribution in [0, 0.1) is 233 Å². The number of hydrogen-bond donors (Lipinski definition) is 2. The van der Waals surface area contributed by atoms with E-state index in [9.17, 15) is 105 Å². The molecule has 0 radical (unpaired) electrons. The Hall–Kier alpha value is -7.07. The van der Waals surface area contributed by atoms with Gasteiger partial charge in [-0.25, -0.2) is 176 Å². The molecule has 0 aliphatic carbocycles. The molecule has 141 heavy (non-hydrogen) atoms. The zero-order chi connectivity index (χ0) is 105. The van der Waals surface area contributed by atoms with Crippen LogP contribution in [0.1, 0.15) is 236 Å². The number of nitrogens with one attached hydrogen (secondary N) is 2. The van der Waals surface area contributed by atoms with Gasteiger partial charge in [-0.15, -0.1) is 60.7 Å². The number of rotatable bonds is 44. The van der Waals surface area contributed by atoms with Crippen molar-refractivity contribution in [3.63, 3.8) is 0 Å². The Bertz CT molecular complexity index is 4230. The molecule has 0 saturated carbocycles. The van der Waals surface area contributed by atoms with Crippen molar-refractivity contribution in [2.45, 2.75) is 236 Å². The molecule has 0 aromatic heterocycles. The zero-order valence-electron chi connectivity index (χ0n) is 78.0. The molecule has 0 spiro atoms. The minimum absolute atomic E-state index is 0. The second kappa shape index (κ2) is 61.5. The standard InChI is InChI=1S/2C24BF20.3C15H33N.2BrH.Na/c2*26-5-1(6(27)14(35)21(42)13(5)34)25(2-7(28)15(36)22(43)16(37)8(2)29,3-9(30)17(38)23(44)18(39)10(3)31)4-11(32)19(40)24(45)20(41)12(4)33;3*1-4-7-10-13-16(14-11-8-5-2)15-12-9-6-3;;;/h;;3*4-15H2,1-3H3;2*1H;/q2*-1;;;;;;+1/p+1. The van der Waals surface area contributed by atoms with Gasteiger partial charge >= 0.3 is 29.6 Å². The van der Waals surface area contributed by atoms with Crippen LogP contribution in [-0.4, -0.2) is 76.1 Å². The van der Waals surface area contributed by atoms with Crippen LogP contribution >= 0.6 is 17.0 Å². The number of quaternary nitrogens is 2. The largest absolute Gasteiger partial charge is 1.00 e. The van der Waals surface area contributed by atoms with E-state index in [1.165, 1.54) is 232 Å². The molecule has 8 aromatic carbocycles. The van der Waals surface area contributed by atoms with Crippen molar-refractivity contribution < 1.29 is 232 Å². The van der Waals surface area contributed by atoms with Gasteiger partial charge in [0.05, 0.1) is 39.3 Å². The van der Waals surface area contributed by atoms with Gasteiger partial charge in [-0.05, 0) is 116 Å². The second-order valence-corrected chi connectivity index (χ2v) is 32.8. The molecule has 8 rings (SSSR count). The fraction of sp³-hybridized carbons (Fsp3) is 0.484. The topological polar surface area (TPSA) is 12.1 Å². The molecule has 0 atom stereocenters. The summed E-state index contributed by atoms with van der Waals surface area (Å²) in [7, 11) is 0. The number of hydrogen-bond acceptors (Lipinski definition) is 1. The third-order valence-corrected chi connectivity index (χ3v) is 23.5. The van der Waals surface area contributed by atoms with E-state index >= 15 is 70.2 Å². The van der Waals surface area contributed by atoms with Crippen LogP contribution in [0.25, 0.3) is 0 Å². The summed E-state index contributed by atoms with van der Waals surface area (Å²) < 4.78 is 588. The van der Waals surface area contributed by atoms with Crippen molar-refractivity contribution in [3.05, 3.63) is 233 Å². The fourth-order valence-corrected chi connectivity index (χ4v) is 16.3. The van der Waals surface area contributed by atoms with Crippen LogP contribution in [0.5, 0.6) is 0 Å². The Kier molecular flexibility index (Phi) is 57.6. The predicted molar refractivity (Wildman–Crippen MR) is 452 cm³/mol. The van der Waals surface area contributed by atoms with Crippen LogP contribution in [0.3, 0.4) is 0 Å². The summed E-state index contributed by atoms with van der Waals surface area (Å²) >= 11 is 0. The number of nitrogens with zero attached hydrogens (tertiary/aromatic N) is 1. The van der Waals surface area contributed by atoms with Gasteiger partial charge in [0, 0.05) is 0 Å². The summed E-state index contributed by atoms with van der Waals surface area (Å²) in [6.45, 7) is 33.2. The van der Waals surface area contributed by atoms with E-state index in [0.29, 0.717) is 0 Å². The Morgan fingerprint density at radius 2 is 0.234 bits per heavy atom. The predicted octanol–water partition coefficient (Wildman–Crippen LogP) is 18.0. The van der Waals surface area contributed by atoms with E-state index in [1.54, 1.807) is 0 Å². The molecule has 3 nitrogen and oxygen atoms in total. The first-order chi connectivity index (χ1) is 64.9. The van der Waals surface area contributed by atoms with Crippen molar-refractivity contribution in [1.29, 1.82) is 0 Å². The first-order valence-electron chi connectivity index (χ1n) is 44.8. The van der Waals surface area contributed by atoms with E-state index < -0.39 is 289 Å². The van der Waals surface area contributed by atoms with Crippen LogP contribution in [0.2, 0.25) is 0 Å². The van der Waals surface area contributed by atoms with Gasteiger partial charge in [0.1, 0.15) is 105 Å². The summed E-state index contributed by atoms with van der Waals surface area (Å²) in [6, 6.07) is 0. The van der Waals surface area contributed by atoms with Gasteiger partial charge < -0.3 is 31.7 Å². The maximum absolute atomic E-state index is 15.4. The zero-order valence-corrected chi connectivity index (χ0v) is 83.3. The summed E-state index contributed by atoms with van der Waals surface area (Å²) in [5, 5.41) is 0. The molecule has 0 heterocycles. The maximum atomic E-state index is 15.4. The Balaban J connectivity index is 0.000000959. The van der Waals surface area contributed by atoms with Crippen LogP contribution in [-0.2, 0) is 0 Å². The minimum atomic E-state index is -7.22. The molecule has 0 aliphatic heterocycles. The average molecular weight is 2230 g/mol. The van der Waals surface area contributed by atoms with Crippen molar-refractivity contribution in [1.82, 2.24) is 4.90 Å². The van der Waals surface area contributed by atoms with Crippen LogP contribution < -0.4 is 100 Å². The summed E-state index contributed by atoms with van der Waals surface area (Å²) in [6.07, 6.45) is 23.3. The van der Waals surface area contributed by atoms with Gasteiger partial charge in [-0.2, -0.15) is 0 Å². The molecule has 0 unspecified atom stereocenters. The fourth-order valence-electron chi connectivity index (χ4n) is 16.3. The van der Waals surface area contributed by atoms with Crippen molar-refractivity contribution in [2.24, 2.45) is 0 Å². The first kappa shape index (κ1) is 132. The van der Waals surface area contributed by atoms with E-state index in [-0.39, 0.29) is 63.5 Å². The van der Waals surface area contributed by atoms with Crippen LogP contribution in [0.4, 0.5) is 176 Å². The first-order valence-corrected chi connectivity index (χ1v) is 44.8. The minimum Gasteiger partial charge on any atom is -1.00 e. The number of unbranched alkanes of at least 4 members (excludes halogenated alkanes) is 18. The van der Waals surface area contributed by atoms with Gasteiger partial charge in [0.2, 0.25) is 0 Å². The molecule has 48 heteroatoms. The quantitative estimate of drug-likeness (QED) is 0.0128.